The summed E-state index contributed by atoms with van der Waals surface area (Å²) in [4.78, 5) is 11.8. The molecule has 0 fully saturated rings. The first-order valence-corrected chi connectivity index (χ1v) is 8.77. The van der Waals surface area contributed by atoms with Gasteiger partial charge < -0.3 is 14.3 Å². The molecule has 0 saturated heterocycles. The Bertz CT molecular complexity index is 888. The monoisotopic (exact) mass is 358 g/mol. The molecule has 0 saturated carbocycles. The smallest absolute Gasteiger partial charge is 0.276 e. The highest BCUT2D eigenvalue weighted by Crippen LogP contribution is 2.25. The van der Waals surface area contributed by atoms with Gasteiger partial charge in [0.25, 0.3) is 5.22 Å². The van der Waals surface area contributed by atoms with Crippen molar-refractivity contribution in [3.63, 3.8) is 0 Å². The lowest BCUT2D eigenvalue weighted by atomic mass is 10.1. The number of benzene rings is 1. The topological polar surface area (TPSA) is 94.1 Å². The molecular weight excluding hydrogens is 340 g/mol. The zero-order valence-corrected chi connectivity index (χ0v) is 15.0. The third-order valence-corrected chi connectivity index (χ3v) is 4.43. The molecule has 2 aromatic heterocycles. The van der Waals surface area contributed by atoms with Crippen LogP contribution in [0.1, 0.15) is 23.3 Å². The standard InChI is InChI=1S/C17H18N4O3S/c1-10-4-5-13(8-11(10)2)16-19-20-17(23-16)25-7-6-15(22)18-14-9-12(3)24-21-14/h4-5,8-9H,6-7H2,1-3H3,(H,18,21,22). The van der Waals surface area contributed by atoms with Crippen molar-refractivity contribution >= 4 is 23.5 Å². The molecule has 2 heterocycles. The number of amides is 1. The van der Waals surface area contributed by atoms with Crippen LogP contribution >= 0.6 is 11.8 Å². The van der Waals surface area contributed by atoms with Gasteiger partial charge in [-0.2, -0.15) is 0 Å². The Morgan fingerprint density at radius 2 is 2.00 bits per heavy atom. The first kappa shape index (κ1) is 17.2. The fraction of sp³-hybridized carbons (Fsp3) is 0.294. The molecule has 1 aromatic carbocycles. The number of nitrogens with one attached hydrogen (secondary N) is 1. The zero-order chi connectivity index (χ0) is 17.8. The fourth-order valence-corrected chi connectivity index (χ4v) is 2.82. The lowest BCUT2D eigenvalue weighted by Gasteiger charge is -2.01. The predicted molar refractivity (Wildman–Crippen MR) is 94.4 cm³/mol. The minimum Gasteiger partial charge on any atom is -0.411 e. The van der Waals surface area contributed by atoms with E-state index in [2.05, 4.69) is 27.6 Å². The summed E-state index contributed by atoms with van der Waals surface area (Å²) in [6.07, 6.45) is 0.303. The Hall–Kier alpha value is -2.61. The van der Waals surface area contributed by atoms with Gasteiger partial charge in [-0.1, -0.05) is 23.0 Å². The number of hydrogen-bond donors (Lipinski definition) is 1. The van der Waals surface area contributed by atoms with E-state index < -0.39 is 0 Å². The van der Waals surface area contributed by atoms with Gasteiger partial charge in [0, 0.05) is 23.8 Å². The van der Waals surface area contributed by atoms with E-state index in [9.17, 15) is 4.79 Å². The third kappa shape index (κ3) is 4.48. The minimum absolute atomic E-state index is 0.144. The Balaban J connectivity index is 1.51. The first-order valence-electron chi connectivity index (χ1n) is 7.78. The summed E-state index contributed by atoms with van der Waals surface area (Å²) in [7, 11) is 0. The van der Waals surface area contributed by atoms with Gasteiger partial charge in [0.05, 0.1) is 0 Å². The van der Waals surface area contributed by atoms with Crippen LogP contribution < -0.4 is 5.32 Å². The van der Waals surface area contributed by atoms with Crippen LogP contribution in [0.15, 0.2) is 38.4 Å². The summed E-state index contributed by atoms with van der Waals surface area (Å²) in [5.74, 6) is 1.93. The second kappa shape index (κ2) is 7.52. The van der Waals surface area contributed by atoms with E-state index in [1.165, 1.54) is 22.9 Å². The van der Waals surface area contributed by atoms with Crippen molar-refractivity contribution in [3.8, 4) is 11.5 Å². The molecule has 0 spiro atoms. The van der Waals surface area contributed by atoms with Gasteiger partial charge in [-0.25, -0.2) is 0 Å². The van der Waals surface area contributed by atoms with Crippen LogP contribution in [0.5, 0.6) is 0 Å². The first-order chi connectivity index (χ1) is 12.0. The molecular formula is C17H18N4O3S. The number of rotatable bonds is 6. The summed E-state index contributed by atoms with van der Waals surface area (Å²) in [6.45, 7) is 5.86. The van der Waals surface area contributed by atoms with Crippen molar-refractivity contribution < 1.29 is 13.7 Å². The van der Waals surface area contributed by atoms with Gasteiger partial charge in [-0.05, 0) is 44.0 Å². The number of aryl methyl sites for hydroxylation is 3. The fourth-order valence-electron chi connectivity index (χ4n) is 2.12. The van der Waals surface area contributed by atoms with Gasteiger partial charge >= 0.3 is 0 Å². The highest BCUT2D eigenvalue weighted by atomic mass is 32.2. The molecule has 0 unspecified atom stereocenters. The van der Waals surface area contributed by atoms with Crippen LogP contribution in [-0.2, 0) is 4.79 Å². The number of aromatic nitrogens is 3. The molecule has 0 bridgehead atoms. The average Bonchev–Trinajstić information content (AvgIpc) is 3.19. The normalized spacial score (nSPS) is 10.8. The molecule has 7 nitrogen and oxygen atoms in total. The lowest BCUT2D eigenvalue weighted by Crippen LogP contribution is -2.12. The van der Waals surface area contributed by atoms with Crippen LogP contribution in [0.25, 0.3) is 11.5 Å². The molecule has 0 aliphatic heterocycles. The molecule has 1 amide bonds. The predicted octanol–water partition coefficient (Wildman–Crippen LogP) is 3.77. The Kier molecular flexibility index (Phi) is 5.18. The molecule has 130 valence electrons. The van der Waals surface area contributed by atoms with E-state index in [0.29, 0.717) is 34.9 Å². The number of thioether (sulfide) groups is 1. The van der Waals surface area contributed by atoms with E-state index in [0.717, 1.165) is 5.56 Å². The third-order valence-electron chi connectivity index (χ3n) is 3.61. The van der Waals surface area contributed by atoms with Crippen molar-refractivity contribution in [1.82, 2.24) is 15.4 Å². The molecule has 8 heteroatoms. The van der Waals surface area contributed by atoms with Crippen molar-refractivity contribution in [3.05, 3.63) is 41.2 Å². The van der Waals surface area contributed by atoms with Gasteiger partial charge in [0.2, 0.25) is 11.8 Å². The van der Waals surface area contributed by atoms with E-state index >= 15 is 0 Å². The highest BCUT2D eigenvalue weighted by molar-refractivity contribution is 7.99. The summed E-state index contributed by atoms with van der Waals surface area (Å²) in [5, 5.41) is 14.9. The summed E-state index contributed by atoms with van der Waals surface area (Å²) in [5.41, 5.74) is 3.28. The lowest BCUT2D eigenvalue weighted by molar-refractivity contribution is -0.115. The van der Waals surface area contributed by atoms with E-state index in [-0.39, 0.29) is 5.91 Å². The SMILES string of the molecule is Cc1cc(NC(=O)CCSc2nnc(-c3ccc(C)c(C)c3)o2)no1. The zero-order valence-electron chi connectivity index (χ0n) is 14.2. The van der Waals surface area contributed by atoms with Crippen molar-refractivity contribution in [2.24, 2.45) is 0 Å². The Morgan fingerprint density at radius 3 is 2.72 bits per heavy atom. The van der Waals surface area contributed by atoms with Crippen LogP contribution in [0.4, 0.5) is 5.82 Å². The Morgan fingerprint density at radius 1 is 1.16 bits per heavy atom. The summed E-state index contributed by atoms with van der Waals surface area (Å²) < 4.78 is 10.5. The largest absolute Gasteiger partial charge is 0.411 e. The summed E-state index contributed by atoms with van der Waals surface area (Å²) in [6, 6.07) is 7.67. The van der Waals surface area contributed by atoms with E-state index in [1.54, 1.807) is 13.0 Å². The quantitative estimate of drug-likeness (QED) is 0.670. The molecule has 0 radical (unpaired) electrons. The maximum Gasteiger partial charge on any atom is 0.276 e. The van der Waals surface area contributed by atoms with Crippen molar-refractivity contribution in [2.75, 3.05) is 11.1 Å². The van der Waals surface area contributed by atoms with Gasteiger partial charge in [0.1, 0.15) is 5.76 Å². The number of carbonyl (C=O) groups is 1. The van der Waals surface area contributed by atoms with Gasteiger partial charge in [0.15, 0.2) is 5.82 Å². The number of hydrogen-bond acceptors (Lipinski definition) is 7. The molecule has 3 aromatic rings. The maximum absolute atomic E-state index is 11.8. The second-order valence-electron chi connectivity index (χ2n) is 5.64. The molecule has 3 rings (SSSR count). The molecule has 25 heavy (non-hydrogen) atoms. The highest BCUT2D eigenvalue weighted by Gasteiger charge is 2.11. The Labute approximate surface area is 149 Å². The number of carbonyl (C=O) groups excluding carboxylic acids is 1. The number of anilines is 1. The van der Waals surface area contributed by atoms with Crippen molar-refractivity contribution in [1.29, 1.82) is 0 Å². The van der Waals surface area contributed by atoms with Crippen LogP contribution in [-0.4, -0.2) is 27.0 Å². The number of nitrogens with zero attached hydrogens (tertiary/aromatic N) is 3. The molecule has 0 atom stereocenters. The average molecular weight is 358 g/mol. The second-order valence-corrected chi connectivity index (χ2v) is 6.69. The van der Waals surface area contributed by atoms with Crippen LogP contribution in [0.2, 0.25) is 0 Å². The minimum atomic E-state index is -0.144. The van der Waals surface area contributed by atoms with E-state index in [1.807, 2.05) is 25.1 Å². The molecule has 0 aliphatic rings. The maximum atomic E-state index is 11.8. The van der Waals surface area contributed by atoms with Gasteiger partial charge in [-0.3, -0.25) is 4.79 Å². The van der Waals surface area contributed by atoms with Crippen LogP contribution in [0, 0.1) is 20.8 Å². The van der Waals surface area contributed by atoms with Crippen molar-refractivity contribution in [2.45, 2.75) is 32.4 Å². The van der Waals surface area contributed by atoms with E-state index in [4.69, 9.17) is 8.94 Å². The molecule has 0 aliphatic carbocycles. The van der Waals surface area contributed by atoms with Crippen LogP contribution in [0.3, 0.4) is 0 Å². The van der Waals surface area contributed by atoms with Gasteiger partial charge in [-0.15, -0.1) is 10.2 Å². The molecule has 1 N–H and O–H groups in total. The summed E-state index contributed by atoms with van der Waals surface area (Å²) >= 11 is 1.34.